The van der Waals surface area contributed by atoms with E-state index >= 15 is 0 Å². The zero-order valence-corrected chi connectivity index (χ0v) is 17.4. The molecule has 0 saturated carbocycles. The number of anilines is 2. The summed E-state index contributed by atoms with van der Waals surface area (Å²) in [4.78, 5) is 14.1. The molecule has 0 radical (unpaired) electrons. The Hall–Kier alpha value is -3.97. The van der Waals surface area contributed by atoms with Crippen molar-refractivity contribution in [3.63, 3.8) is 0 Å². The maximum Gasteiger partial charge on any atom is 0.141 e. The zero-order chi connectivity index (χ0) is 22.2. The molecular weight excluding hydrogens is 407 g/mol. The summed E-state index contributed by atoms with van der Waals surface area (Å²) in [7, 11) is 0. The highest BCUT2D eigenvalue weighted by Gasteiger charge is 2.04. The van der Waals surface area contributed by atoms with Gasteiger partial charge < -0.3 is 10.1 Å². The molecule has 0 aliphatic heterocycles. The minimum Gasteiger partial charge on any atom is -0.494 e. The second-order valence-electron chi connectivity index (χ2n) is 7.03. The number of nitrogens with one attached hydrogen (secondary N) is 2. The molecule has 0 aliphatic rings. The molecule has 4 aromatic rings. The Balaban J connectivity index is 1.22. The standard InChI is InChI=1S/C25H23FN4O2/c1-18(30-32-16-4-15-31-22-13-9-20(26)10-14-22)19-7-11-21(12-8-19)29-25-23-5-2-3-6-24(23)27-17-28-25/h2-3,5-14,17,30H,1,4,15-16H2,(H,27,28,29). The molecule has 2 N–H and O–H groups in total. The van der Waals surface area contributed by atoms with Gasteiger partial charge in [0.25, 0.3) is 0 Å². The van der Waals surface area contributed by atoms with Crippen LogP contribution in [0.3, 0.4) is 0 Å². The smallest absolute Gasteiger partial charge is 0.141 e. The third kappa shape index (κ3) is 5.59. The maximum atomic E-state index is 12.9. The first-order valence-electron chi connectivity index (χ1n) is 10.2. The number of rotatable bonds is 10. The van der Waals surface area contributed by atoms with Crippen molar-refractivity contribution >= 4 is 28.1 Å². The minimum atomic E-state index is -0.283. The van der Waals surface area contributed by atoms with Crippen LogP contribution in [0.2, 0.25) is 0 Å². The number of aromatic nitrogens is 2. The molecule has 162 valence electrons. The van der Waals surface area contributed by atoms with E-state index in [0.29, 0.717) is 31.1 Å². The second-order valence-corrected chi connectivity index (χ2v) is 7.03. The summed E-state index contributed by atoms with van der Waals surface area (Å²) >= 11 is 0. The molecule has 0 atom stereocenters. The molecule has 0 bridgehead atoms. The van der Waals surface area contributed by atoms with E-state index in [4.69, 9.17) is 9.57 Å². The Morgan fingerprint density at radius 3 is 2.50 bits per heavy atom. The van der Waals surface area contributed by atoms with Gasteiger partial charge in [0.15, 0.2) is 0 Å². The summed E-state index contributed by atoms with van der Waals surface area (Å²) in [6.45, 7) is 4.92. The number of halogens is 1. The van der Waals surface area contributed by atoms with E-state index in [0.717, 1.165) is 28.0 Å². The molecule has 0 fully saturated rings. The quantitative estimate of drug-likeness (QED) is 0.257. The van der Waals surface area contributed by atoms with Crippen molar-refractivity contribution < 1.29 is 14.0 Å². The van der Waals surface area contributed by atoms with Crippen molar-refractivity contribution in [1.29, 1.82) is 0 Å². The lowest BCUT2D eigenvalue weighted by atomic mass is 10.1. The van der Waals surface area contributed by atoms with Gasteiger partial charge in [-0.05, 0) is 54.1 Å². The van der Waals surface area contributed by atoms with E-state index in [-0.39, 0.29) is 5.82 Å². The monoisotopic (exact) mass is 430 g/mol. The highest BCUT2D eigenvalue weighted by molar-refractivity contribution is 5.90. The Bertz CT molecular complexity index is 1180. The Labute approximate surface area is 185 Å². The van der Waals surface area contributed by atoms with Crippen LogP contribution in [0.1, 0.15) is 12.0 Å². The average Bonchev–Trinajstić information content (AvgIpc) is 2.83. The van der Waals surface area contributed by atoms with Gasteiger partial charge in [-0.15, -0.1) is 0 Å². The van der Waals surface area contributed by atoms with Crippen LogP contribution in [0.4, 0.5) is 15.9 Å². The highest BCUT2D eigenvalue weighted by atomic mass is 19.1. The Morgan fingerprint density at radius 2 is 1.69 bits per heavy atom. The van der Waals surface area contributed by atoms with E-state index in [1.807, 2.05) is 48.5 Å². The van der Waals surface area contributed by atoms with Gasteiger partial charge in [-0.1, -0.05) is 30.8 Å². The topological polar surface area (TPSA) is 68.3 Å². The van der Waals surface area contributed by atoms with Gasteiger partial charge in [-0.2, -0.15) is 0 Å². The molecule has 1 aromatic heterocycles. The van der Waals surface area contributed by atoms with Crippen molar-refractivity contribution in [2.75, 3.05) is 18.5 Å². The molecular formula is C25H23FN4O2. The van der Waals surface area contributed by atoms with E-state index < -0.39 is 0 Å². The van der Waals surface area contributed by atoms with Crippen LogP contribution in [-0.2, 0) is 4.84 Å². The molecule has 0 saturated heterocycles. The number of hydrogen-bond acceptors (Lipinski definition) is 6. The summed E-state index contributed by atoms with van der Waals surface area (Å²) in [6, 6.07) is 21.6. The van der Waals surface area contributed by atoms with Crippen LogP contribution >= 0.6 is 0 Å². The molecule has 0 spiro atoms. The number of fused-ring (bicyclic) bond motifs is 1. The van der Waals surface area contributed by atoms with E-state index in [2.05, 4.69) is 27.3 Å². The third-order valence-corrected chi connectivity index (χ3v) is 4.71. The average molecular weight is 430 g/mol. The fourth-order valence-corrected chi connectivity index (χ4v) is 3.04. The predicted octanol–water partition coefficient (Wildman–Crippen LogP) is 5.47. The first kappa shape index (κ1) is 21.3. The molecule has 3 aromatic carbocycles. The lowest BCUT2D eigenvalue weighted by Gasteiger charge is -2.12. The SMILES string of the molecule is C=C(NOCCCOc1ccc(F)cc1)c1ccc(Nc2ncnc3ccccc23)cc1. The van der Waals surface area contributed by atoms with Crippen LogP contribution in [0.5, 0.6) is 5.75 Å². The third-order valence-electron chi connectivity index (χ3n) is 4.71. The molecule has 1 heterocycles. The number of hydroxylamine groups is 1. The highest BCUT2D eigenvalue weighted by Crippen LogP contribution is 2.23. The second kappa shape index (κ2) is 10.4. The van der Waals surface area contributed by atoms with Gasteiger partial charge in [0, 0.05) is 17.5 Å². The Kier molecular flexibility index (Phi) is 6.89. The van der Waals surface area contributed by atoms with Crippen molar-refractivity contribution in [2.24, 2.45) is 0 Å². The largest absolute Gasteiger partial charge is 0.494 e. The lowest BCUT2D eigenvalue weighted by Crippen LogP contribution is -2.14. The van der Waals surface area contributed by atoms with Gasteiger partial charge in [-0.25, -0.2) is 14.4 Å². The van der Waals surface area contributed by atoms with Crippen LogP contribution in [0, 0.1) is 5.82 Å². The van der Waals surface area contributed by atoms with Crippen LogP contribution in [-0.4, -0.2) is 23.2 Å². The summed E-state index contributed by atoms with van der Waals surface area (Å²) in [5.74, 6) is 1.11. The van der Waals surface area contributed by atoms with Crippen LogP contribution < -0.4 is 15.5 Å². The van der Waals surface area contributed by atoms with Crippen LogP contribution in [0.15, 0.2) is 85.7 Å². The molecule has 0 amide bonds. The summed E-state index contributed by atoms with van der Waals surface area (Å²) < 4.78 is 18.4. The molecule has 6 nitrogen and oxygen atoms in total. The molecule has 0 unspecified atom stereocenters. The number of hydrogen-bond donors (Lipinski definition) is 2. The number of nitrogens with zero attached hydrogens (tertiary/aromatic N) is 2. The lowest BCUT2D eigenvalue weighted by molar-refractivity contribution is 0.0687. The van der Waals surface area contributed by atoms with Gasteiger partial charge >= 0.3 is 0 Å². The molecule has 7 heteroatoms. The normalized spacial score (nSPS) is 10.7. The molecule has 4 rings (SSSR count). The Morgan fingerprint density at radius 1 is 0.906 bits per heavy atom. The molecule has 32 heavy (non-hydrogen) atoms. The predicted molar refractivity (Wildman–Crippen MR) is 124 cm³/mol. The fraction of sp³-hybridized carbons (Fsp3) is 0.120. The van der Waals surface area contributed by atoms with Crippen LogP contribution in [0.25, 0.3) is 16.6 Å². The van der Waals surface area contributed by atoms with Crippen molar-refractivity contribution in [3.05, 3.63) is 97.1 Å². The van der Waals surface area contributed by atoms with Gasteiger partial charge in [-0.3, -0.25) is 10.3 Å². The summed E-state index contributed by atoms with van der Waals surface area (Å²) in [5, 5.41) is 4.29. The van der Waals surface area contributed by atoms with Crippen molar-refractivity contribution in [2.45, 2.75) is 6.42 Å². The molecule has 0 aliphatic carbocycles. The van der Waals surface area contributed by atoms with Gasteiger partial charge in [0.2, 0.25) is 0 Å². The van der Waals surface area contributed by atoms with Crippen molar-refractivity contribution in [1.82, 2.24) is 15.4 Å². The van der Waals surface area contributed by atoms with Crippen molar-refractivity contribution in [3.8, 4) is 5.75 Å². The first-order valence-corrected chi connectivity index (χ1v) is 10.2. The first-order chi connectivity index (χ1) is 15.7. The van der Waals surface area contributed by atoms with E-state index in [9.17, 15) is 4.39 Å². The summed E-state index contributed by atoms with van der Waals surface area (Å²) in [5.41, 5.74) is 6.22. The summed E-state index contributed by atoms with van der Waals surface area (Å²) in [6.07, 6.45) is 2.22. The minimum absolute atomic E-state index is 0.283. The maximum absolute atomic E-state index is 12.9. The van der Waals surface area contributed by atoms with E-state index in [1.165, 1.54) is 12.1 Å². The number of para-hydroxylation sites is 1. The number of ether oxygens (including phenoxy) is 1. The zero-order valence-electron chi connectivity index (χ0n) is 17.4. The van der Waals surface area contributed by atoms with Gasteiger partial charge in [0.1, 0.15) is 23.7 Å². The van der Waals surface area contributed by atoms with E-state index in [1.54, 1.807) is 18.5 Å². The van der Waals surface area contributed by atoms with Gasteiger partial charge in [0.05, 0.1) is 24.4 Å². The number of benzene rings is 3. The fourth-order valence-electron chi connectivity index (χ4n) is 3.04.